The van der Waals surface area contributed by atoms with Crippen LogP contribution in [0, 0.1) is 5.92 Å². The lowest BCUT2D eigenvalue weighted by atomic mass is 9.99. The van der Waals surface area contributed by atoms with Gasteiger partial charge in [-0.15, -0.1) is 0 Å². The van der Waals surface area contributed by atoms with E-state index in [2.05, 4.69) is 4.90 Å². The zero-order valence-corrected chi connectivity index (χ0v) is 9.36. The average Bonchev–Trinajstić information content (AvgIpc) is 2.65. The molecule has 2 fully saturated rings. The number of ether oxygens (including phenoxy) is 2. The molecule has 2 saturated heterocycles. The minimum atomic E-state index is 0.269. The SMILES string of the molecule is NC(CN1CCCOCC1)C1CCOC1. The Morgan fingerprint density at radius 3 is 2.93 bits per heavy atom. The molecule has 0 radical (unpaired) electrons. The van der Waals surface area contributed by atoms with Gasteiger partial charge >= 0.3 is 0 Å². The molecule has 88 valence electrons. The van der Waals surface area contributed by atoms with Gasteiger partial charge in [-0.3, -0.25) is 4.90 Å². The summed E-state index contributed by atoms with van der Waals surface area (Å²) >= 11 is 0. The Labute approximate surface area is 91.7 Å². The van der Waals surface area contributed by atoms with Crippen molar-refractivity contribution >= 4 is 0 Å². The van der Waals surface area contributed by atoms with E-state index in [1.54, 1.807) is 0 Å². The monoisotopic (exact) mass is 214 g/mol. The molecule has 0 amide bonds. The molecule has 0 aliphatic carbocycles. The maximum absolute atomic E-state index is 6.20. The molecular formula is C11H22N2O2. The van der Waals surface area contributed by atoms with Crippen LogP contribution in [0.3, 0.4) is 0 Å². The third-order valence-electron chi connectivity index (χ3n) is 3.35. The summed E-state index contributed by atoms with van der Waals surface area (Å²) in [6.07, 6.45) is 2.26. The molecule has 15 heavy (non-hydrogen) atoms. The van der Waals surface area contributed by atoms with Crippen LogP contribution in [-0.4, -0.2) is 57.0 Å². The fourth-order valence-electron chi connectivity index (χ4n) is 2.32. The zero-order chi connectivity index (χ0) is 10.5. The van der Waals surface area contributed by atoms with Crippen LogP contribution in [-0.2, 0) is 9.47 Å². The Kier molecular flexibility index (Phi) is 4.38. The van der Waals surface area contributed by atoms with E-state index in [0.29, 0.717) is 5.92 Å². The highest BCUT2D eigenvalue weighted by atomic mass is 16.5. The molecule has 4 heteroatoms. The summed E-state index contributed by atoms with van der Waals surface area (Å²) in [5, 5.41) is 0. The lowest BCUT2D eigenvalue weighted by molar-refractivity contribution is 0.137. The van der Waals surface area contributed by atoms with Crippen LogP contribution in [0.1, 0.15) is 12.8 Å². The van der Waals surface area contributed by atoms with Gasteiger partial charge < -0.3 is 15.2 Å². The van der Waals surface area contributed by atoms with Gasteiger partial charge in [-0.25, -0.2) is 0 Å². The summed E-state index contributed by atoms with van der Waals surface area (Å²) < 4.78 is 10.8. The van der Waals surface area contributed by atoms with Crippen LogP contribution in [0.25, 0.3) is 0 Å². The molecule has 0 aromatic rings. The molecule has 2 heterocycles. The first-order valence-electron chi connectivity index (χ1n) is 5.99. The Balaban J connectivity index is 1.73. The second-order valence-electron chi connectivity index (χ2n) is 4.55. The first-order valence-corrected chi connectivity index (χ1v) is 5.99. The fraction of sp³-hybridized carbons (Fsp3) is 1.00. The summed E-state index contributed by atoms with van der Waals surface area (Å²) in [6, 6.07) is 0.269. The van der Waals surface area contributed by atoms with Gasteiger partial charge in [0.1, 0.15) is 0 Å². The van der Waals surface area contributed by atoms with Gasteiger partial charge in [0.2, 0.25) is 0 Å². The van der Waals surface area contributed by atoms with Crippen molar-refractivity contribution < 1.29 is 9.47 Å². The number of nitrogens with two attached hydrogens (primary N) is 1. The highest BCUT2D eigenvalue weighted by molar-refractivity contribution is 4.79. The van der Waals surface area contributed by atoms with Gasteiger partial charge in [-0.05, 0) is 12.8 Å². The van der Waals surface area contributed by atoms with Crippen molar-refractivity contribution in [2.24, 2.45) is 11.7 Å². The van der Waals surface area contributed by atoms with Crippen LogP contribution in [0.5, 0.6) is 0 Å². The standard InChI is InChI=1S/C11H22N2O2/c12-11(10-2-6-15-9-10)8-13-3-1-5-14-7-4-13/h10-11H,1-9,12H2. The number of rotatable bonds is 3. The molecule has 4 nitrogen and oxygen atoms in total. The Bertz CT molecular complexity index is 175. The van der Waals surface area contributed by atoms with Crippen LogP contribution in [0.2, 0.25) is 0 Å². The van der Waals surface area contributed by atoms with Crippen LogP contribution in [0.15, 0.2) is 0 Å². The average molecular weight is 214 g/mol. The van der Waals surface area contributed by atoms with Gasteiger partial charge in [0.05, 0.1) is 13.2 Å². The molecule has 0 bridgehead atoms. The highest BCUT2D eigenvalue weighted by Crippen LogP contribution is 2.16. The second-order valence-corrected chi connectivity index (χ2v) is 4.55. The zero-order valence-electron chi connectivity index (χ0n) is 9.36. The maximum Gasteiger partial charge on any atom is 0.0593 e. The molecular weight excluding hydrogens is 192 g/mol. The van der Waals surface area contributed by atoms with Gasteiger partial charge in [-0.1, -0.05) is 0 Å². The highest BCUT2D eigenvalue weighted by Gasteiger charge is 2.24. The van der Waals surface area contributed by atoms with Gasteiger partial charge in [0, 0.05) is 44.8 Å². The summed E-state index contributed by atoms with van der Waals surface area (Å²) in [5.74, 6) is 0.564. The number of hydrogen-bond donors (Lipinski definition) is 1. The number of nitrogens with zero attached hydrogens (tertiary/aromatic N) is 1. The normalized spacial score (nSPS) is 31.4. The smallest absolute Gasteiger partial charge is 0.0593 e. The van der Waals surface area contributed by atoms with Crippen molar-refractivity contribution in [2.75, 3.05) is 46.1 Å². The fourth-order valence-corrected chi connectivity index (χ4v) is 2.32. The summed E-state index contributed by atoms with van der Waals surface area (Å²) in [6.45, 7) is 6.65. The van der Waals surface area contributed by atoms with E-state index in [4.69, 9.17) is 15.2 Å². The van der Waals surface area contributed by atoms with Crippen molar-refractivity contribution in [3.63, 3.8) is 0 Å². The predicted molar refractivity (Wildman–Crippen MR) is 58.8 cm³/mol. The predicted octanol–water partition coefficient (Wildman–Crippen LogP) is 0.0725. The van der Waals surface area contributed by atoms with Gasteiger partial charge in [0.15, 0.2) is 0 Å². The molecule has 2 aliphatic heterocycles. The van der Waals surface area contributed by atoms with Crippen molar-refractivity contribution in [3.05, 3.63) is 0 Å². The lowest BCUT2D eigenvalue weighted by Gasteiger charge is -2.26. The van der Waals surface area contributed by atoms with E-state index in [-0.39, 0.29) is 6.04 Å². The molecule has 0 spiro atoms. The summed E-state index contributed by atoms with van der Waals surface area (Å²) in [5.41, 5.74) is 6.20. The summed E-state index contributed by atoms with van der Waals surface area (Å²) in [4.78, 5) is 2.43. The first kappa shape index (κ1) is 11.3. The van der Waals surface area contributed by atoms with Crippen molar-refractivity contribution in [1.82, 2.24) is 4.90 Å². The van der Waals surface area contributed by atoms with Gasteiger partial charge in [0.25, 0.3) is 0 Å². The summed E-state index contributed by atoms with van der Waals surface area (Å²) in [7, 11) is 0. The topological polar surface area (TPSA) is 47.7 Å². The van der Waals surface area contributed by atoms with E-state index in [0.717, 1.165) is 58.9 Å². The third kappa shape index (κ3) is 3.41. The molecule has 2 atom stereocenters. The Hall–Kier alpha value is -0.160. The molecule has 2 N–H and O–H groups in total. The first-order chi connectivity index (χ1) is 7.36. The van der Waals surface area contributed by atoms with Crippen LogP contribution in [0.4, 0.5) is 0 Å². The second kappa shape index (κ2) is 5.80. The van der Waals surface area contributed by atoms with Crippen molar-refractivity contribution in [3.8, 4) is 0 Å². The maximum atomic E-state index is 6.20. The van der Waals surface area contributed by atoms with Gasteiger partial charge in [-0.2, -0.15) is 0 Å². The van der Waals surface area contributed by atoms with Crippen molar-refractivity contribution in [1.29, 1.82) is 0 Å². The largest absolute Gasteiger partial charge is 0.381 e. The lowest BCUT2D eigenvalue weighted by Crippen LogP contribution is -2.43. The van der Waals surface area contributed by atoms with Crippen molar-refractivity contribution in [2.45, 2.75) is 18.9 Å². The molecule has 2 unspecified atom stereocenters. The van der Waals surface area contributed by atoms with Crippen LogP contribution < -0.4 is 5.73 Å². The number of hydrogen-bond acceptors (Lipinski definition) is 4. The van der Waals surface area contributed by atoms with E-state index >= 15 is 0 Å². The van der Waals surface area contributed by atoms with E-state index < -0.39 is 0 Å². The molecule has 2 aliphatic rings. The minimum absolute atomic E-state index is 0.269. The van der Waals surface area contributed by atoms with E-state index in [9.17, 15) is 0 Å². The molecule has 0 aromatic carbocycles. The Morgan fingerprint density at radius 1 is 1.20 bits per heavy atom. The van der Waals surface area contributed by atoms with E-state index in [1.807, 2.05) is 0 Å². The van der Waals surface area contributed by atoms with Crippen LogP contribution >= 0.6 is 0 Å². The molecule has 2 rings (SSSR count). The molecule has 0 saturated carbocycles. The van der Waals surface area contributed by atoms with E-state index in [1.165, 1.54) is 0 Å². The minimum Gasteiger partial charge on any atom is -0.381 e. The quantitative estimate of drug-likeness (QED) is 0.722. The Morgan fingerprint density at radius 2 is 2.13 bits per heavy atom. The third-order valence-corrected chi connectivity index (χ3v) is 3.35. The molecule has 0 aromatic heterocycles.